The molecule has 8 N–H and O–H groups in total. The van der Waals surface area contributed by atoms with Crippen LogP contribution < -0.4 is 31.9 Å². The van der Waals surface area contributed by atoms with Crippen molar-refractivity contribution in [1.29, 1.82) is 0 Å². The van der Waals surface area contributed by atoms with Crippen LogP contribution in [0.1, 0.15) is 71.8 Å². The van der Waals surface area contributed by atoms with E-state index in [1.54, 1.807) is 12.1 Å². The van der Waals surface area contributed by atoms with Crippen LogP contribution in [0, 0.1) is 11.8 Å². The maximum absolute atomic E-state index is 14.3. The van der Waals surface area contributed by atoms with Crippen molar-refractivity contribution in [2.24, 2.45) is 11.8 Å². The van der Waals surface area contributed by atoms with E-state index in [1.807, 2.05) is 27.7 Å². The molecule has 3 aliphatic rings. The number of phenols is 1. The number of hydrogen-bond donors (Lipinski definition) is 8. The topological polar surface area (TPSA) is 256 Å². The molecule has 56 heavy (non-hydrogen) atoms. The smallest absolute Gasteiger partial charge is 0.246 e. The Morgan fingerprint density at radius 1 is 0.607 bits per heavy atom. The van der Waals surface area contributed by atoms with Gasteiger partial charge in [0.1, 0.15) is 42.0 Å². The number of rotatable bonds is 7. The van der Waals surface area contributed by atoms with E-state index in [2.05, 4.69) is 31.9 Å². The van der Waals surface area contributed by atoms with Crippen molar-refractivity contribution in [3.05, 3.63) is 29.8 Å². The van der Waals surface area contributed by atoms with E-state index < -0.39 is 103 Å². The van der Waals surface area contributed by atoms with Gasteiger partial charge in [-0.2, -0.15) is 0 Å². The van der Waals surface area contributed by atoms with Gasteiger partial charge in [-0.25, -0.2) is 0 Å². The summed E-state index contributed by atoms with van der Waals surface area (Å²) in [5.41, 5.74) is 0.574. The molecule has 0 saturated carbocycles. The molecule has 3 aliphatic heterocycles. The predicted octanol–water partition coefficient (Wildman–Crippen LogP) is -1.81. The van der Waals surface area contributed by atoms with Gasteiger partial charge in [-0.3, -0.25) is 38.4 Å². The Bertz CT molecular complexity index is 1620. The fraction of sp³-hybridized carbons (Fsp3) is 0.632. The number of benzene rings is 1. The number of amides is 8. The molecule has 3 saturated heterocycles. The number of aliphatic hydroxyl groups excluding tert-OH is 1. The van der Waals surface area contributed by atoms with Crippen LogP contribution in [0.25, 0.3) is 0 Å². The molecule has 1 aromatic rings. The second kappa shape index (κ2) is 20.1. The molecule has 6 atom stereocenters. The molecule has 0 bridgehead atoms. The molecule has 3 fully saturated rings. The van der Waals surface area contributed by atoms with Crippen LogP contribution in [0.5, 0.6) is 5.75 Å². The average molecular weight is 785 g/mol. The van der Waals surface area contributed by atoms with E-state index in [4.69, 9.17) is 0 Å². The van der Waals surface area contributed by atoms with Gasteiger partial charge in [0.2, 0.25) is 47.3 Å². The number of fused-ring (bicyclic) bond motifs is 2. The molecule has 0 unspecified atom stereocenters. The third-order valence-corrected chi connectivity index (χ3v) is 10.0. The minimum atomic E-state index is -1.48. The number of aliphatic hydroxyl groups is 1. The first-order valence-corrected chi connectivity index (χ1v) is 19.3. The van der Waals surface area contributed by atoms with Crippen molar-refractivity contribution in [2.75, 3.05) is 32.8 Å². The highest BCUT2D eigenvalue weighted by Crippen LogP contribution is 2.27. The van der Waals surface area contributed by atoms with E-state index in [0.29, 0.717) is 31.2 Å². The van der Waals surface area contributed by atoms with Crippen molar-refractivity contribution in [3.8, 4) is 5.75 Å². The lowest BCUT2D eigenvalue weighted by molar-refractivity contribution is -0.148. The number of nitrogens with one attached hydrogen (secondary N) is 6. The van der Waals surface area contributed by atoms with Crippen molar-refractivity contribution in [3.63, 3.8) is 0 Å². The molecule has 8 amide bonds. The summed E-state index contributed by atoms with van der Waals surface area (Å²) in [7, 11) is 0. The van der Waals surface area contributed by atoms with Crippen LogP contribution in [0.15, 0.2) is 24.3 Å². The first kappa shape index (κ1) is 43.5. The number of carbonyl (C=O) groups excluding carboxylic acids is 8. The van der Waals surface area contributed by atoms with Gasteiger partial charge in [-0.1, -0.05) is 39.8 Å². The van der Waals surface area contributed by atoms with E-state index in [-0.39, 0.29) is 49.9 Å². The minimum absolute atomic E-state index is 0.00745. The van der Waals surface area contributed by atoms with Gasteiger partial charge in [0, 0.05) is 19.5 Å². The largest absolute Gasteiger partial charge is 0.508 e. The lowest BCUT2D eigenvalue weighted by Crippen LogP contribution is -2.60. The molecular formula is C38H56N8O10. The quantitative estimate of drug-likeness (QED) is 0.154. The Kier molecular flexibility index (Phi) is 15.6. The maximum atomic E-state index is 14.3. The van der Waals surface area contributed by atoms with Gasteiger partial charge in [-0.05, 0) is 68.1 Å². The SMILES string of the molecule is CC(C)C[C@@H]1NC(=O)[C@H](Cc2ccc(O)cc2)NC(=O)CNC(=O)CNC(=O)[C@@H](CO)NC(=O)[C@@H](CC(C)C)NC(=O)[C@H]2CCCN2C(=O)[C@@H]2CCCN2C1=O. The highest BCUT2D eigenvalue weighted by atomic mass is 16.3. The third-order valence-electron chi connectivity index (χ3n) is 10.0. The summed E-state index contributed by atoms with van der Waals surface area (Å²) in [6.45, 7) is 5.89. The van der Waals surface area contributed by atoms with E-state index in [1.165, 1.54) is 21.9 Å². The lowest BCUT2D eigenvalue weighted by Gasteiger charge is -2.34. The Morgan fingerprint density at radius 2 is 1.14 bits per heavy atom. The summed E-state index contributed by atoms with van der Waals surface area (Å²) in [5.74, 6) is -5.50. The normalized spacial score (nSPS) is 26.8. The number of aromatic hydroxyl groups is 1. The van der Waals surface area contributed by atoms with Crippen LogP contribution in [-0.2, 0) is 44.8 Å². The summed E-state index contributed by atoms with van der Waals surface area (Å²) < 4.78 is 0. The van der Waals surface area contributed by atoms with Gasteiger partial charge in [0.15, 0.2) is 0 Å². The van der Waals surface area contributed by atoms with Crippen LogP contribution in [0.2, 0.25) is 0 Å². The van der Waals surface area contributed by atoms with Crippen molar-refractivity contribution in [2.45, 2.75) is 109 Å². The van der Waals surface area contributed by atoms with Crippen LogP contribution >= 0.6 is 0 Å². The van der Waals surface area contributed by atoms with Crippen LogP contribution in [-0.4, -0.2) is 136 Å². The molecular weight excluding hydrogens is 728 g/mol. The molecule has 4 rings (SSSR count). The third kappa shape index (κ3) is 11.9. The summed E-state index contributed by atoms with van der Waals surface area (Å²) in [6.07, 6.45) is 2.02. The number of hydrogen-bond acceptors (Lipinski definition) is 10. The predicted molar refractivity (Wildman–Crippen MR) is 201 cm³/mol. The van der Waals surface area contributed by atoms with Gasteiger partial charge < -0.3 is 51.9 Å². The average Bonchev–Trinajstić information content (AvgIpc) is 3.85. The van der Waals surface area contributed by atoms with Crippen LogP contribution in [0.3, 0.4) is 0 Å². The molecule has 0 radical (unpaired) electrons. The zero-order valence-corrected chi connectivity index (χ0v) is 32.5. The zero-order valence-electron chi connectivity index (χ0n) is 32.5. The Morgan fingerprint density at radius 3 is 1.77 bits per heavy atom. The van der Waals surface area contributed by atoms with E-state index in [9.17, 15) is 48.6 Å². The van der Waals surface area contributed by atoms with Gasteiger partial charge in [-0.15, -0.1) is 0 Å². The zero-order chi connectivity index (χ0) is 41.1. The maximum Gasteiger partial charge on any atom is 0.246 e. The molecule has 18 nitrogen and oxygen atoms in total. The molecule has 0 aliphatic carbocycles. The highest BCUT2D eigenvalue weighted by Gasteiger charge is 2.44. The summed E-state index contributed by atoms with van der Waals surface area (Å²) >= 11 is 0. The Balaban J connectivity index is 1.66. The molecule has 308 valence electrons. The van der Waals surface area contributed by atoms with Crippen molar-refractivity contribution >= 4 is 47.3 Å². The number of nitrogens with zero attached hydrogens (tertiary/aromatic N) is 2. The van der Waals surface area contributed by atoms with Crippen molar-refractivity contribution < 1.29 is 48.6 Å². The monoisotopic (exact) mass is 784 g/mol. The lowest BCUT2D eigenvalue weighted by atomic mass is 10.00. The first-order valence-electron chi connectivity index (χ1n) is 19.3. The van der Waals surface area contributed by atoms with Gasteiger partial charge >= 0.3 is 0 Å². The highest BCUT2D eigenvalue weighted by molar-refractivity contribution is 5.98. The molecule has 0 spiro atoms. The second-order valence-electron chi connectivity index (χ2n) is 15.5. The molecule has 0 aromatic heterocycles. The minimum Gasteiger partial charge on any atom is -0.508 e. The number of carbonyl (C=O) groups is 8. The Hall–Kier alpha value is -5.26. The summed E-state index contributed by atoms with van der Waals surface area (Å²) in [6, 6.07) is -0.760. The number of phenolic OH excluding ortho intramolecular Hbond substituents is 1. The Labute approximate surface area is 326 Å². The molecule has 18 heteroatoms. The van der Waals surface area contributed by atoms with Crippen LogP contribution in [0.4, 0.5) is 0 Å². The fourth-order valence-corrected chi connectivity index (χ4v) is 7.24. The van der Waals surface area contributed by atoms with Crippen molar-refractivity contribution in [1.82, 2.24) is 41.7 Å². The second-order valence-corrected chi connectivity index (χ2v) is 15.5. The van der Waals surface area contributed by atoms with E-state index in [0.717, 1.165) is 0 Å². The van der Waals surface area contributed by atoms with Gasteiger partial charge in [0.05, 0.1) is 19.7 Å². The fourth-order valence-electron chi connectivity index (χ4n) is 7.24. The summed E-state index contributed by atoms with van der Waals surface area (Å²) in [4.78, 5) is 111. The summed E-state index contributed by atoms with van der Waals surface area (Å²) in [5, 5.41) is 34.9. The first-order chi connectivity index (χ1) is 26.6. The molecule has 3 heterocycles. The van der Waals surface area contributed by atoms with Gasteiger partial charge in [0.25, 0.3) is 0 Å². The standard InChI is InChI=1S/C38H56N8O10/c1-21(2)15-25-34(52)44-28(20-47)33(51)40-18-31(49)39-19-32(50)41-26(17-23-9-11-24(48)12-10-23)35(53)43-27(16-22(3)4)37(55)46-14-6-8-30(46)38(56)45-13-5-7-29(45)36(54)42-25/h9-12,21-22,25-30,47-48H,5-8,13-20H2,1-4H3,(H,39,49)(H,40,51)(H,41,50)(H,42,54)(H,43,53)(H,44,52)/t25-,26+,27+,28-,29-,30+/m1/s1. The van der Waals surface area contributed by atoms with E-state index >= 15 is 0 Å². The molecule has 1 aromatic carbocycles.